The van der Waals surface area contributed by atoms with Gasteiger partial charge in [0, 0.05) is 31.7 Å². The van der Waals surface area contributed by atoms with Gasteiger partial charge in [0.05, 0.1) is 24.2 Å². The number of furan rings is 1. The summed E-state index contributed by atoms with van der Waals surface area (Å²) in [4.78, 5) is 27.7. The van der Waals surface area contributed by atoms with Crippen molar-refractivity contribution in [3.8, 4) is 0 Å². The summed E-state index contributed by atoms with van der Waals surface area (Å²) >= 11 is 2.74. The van der Waals surface area contributed by atoms with E-state index in [-0.39, 0.29) is 17.4 Å². The molecule has 0 spiro atoms. The lowest BCUT2D eigenvalue weighted by Crippen LogP contribution is -2.49. The molecule has 0 unspecified atom stereocenters. The van der Waals surface area contributed by atoms with Gasteiger partial charge in [-0.25, -0.2) is 4.39 Å². The Hall–Kier alpha value is -2.92. The van der Waals surface area contributed by atoms with Crippen LogP contribution in [0.2, 0.25) is 0 Å². The van der Waals surface area contributed by atoms with Crippen molar-refractivity contribution < 1.29 is 18.4 Å². The van der Waals surface area contributed by atoms with Gasteiger partial charge in [0.1, 0.15) is 11.6 Å². The number of aromatic nitrogens is 2. The minimum absolute atomic E-state index is 0.0161. The van der Waals surface area contributed by atoms with Crippen LogP contribution in [0.25, 0.3) is 0 Å². The van der Waals surface area contributed by atoms with Crippen LogP contribution < -0.4 is 10.2 Å². The SMILES string of the molecule is CC(=O)c1ccc(N2CCN(C(=O)CSc3nnc(NCc4ccco4)s3)CC2)c(F)c1. The summed E-state index contributed by atoms with van der Waals surface area (Å²) in [5.74, 6) is 0.509. The van der Waals surface area contributed by atoms with Gasteiger partial charge in [-0.2, -0.15) is 0 Å². The first kappa shape index (κ1) is 22.3. The summed E-state index contributed by atoms with van der Waals surface area (Å²) in [6, 6.07) is 8.23. The second kappa shape index (κ2) is 10.1. The van der Waals surface area contributed by atoms with Gasteiger partial charge < -0.3 is 19.5 Å². The van der Waals surface area contributed by atoms with Gasteiger partial charge >= 0.3 is 0 Å². The Bertz CT molecular complexity index is 1080. The molecule has 1 aliphatic rings. The maximum Gasteiger partial charge on any atom is 0.233 e. The molecular weight excluding hydrogens is 453 g/mol. The van der Waals surface area contributed by atoms with Crippen molar-refractivity contribution >= 4 is 45.6 Å². The zero-order valence-electron chi connectivity index (χ0n) is 17.4. The number of nitrogens with one attached hydrogen (secondary N) is 1. The minimum atomic E-state index is -0.416. The van der Waals surface area contributed by atoms with Gasteiger partial charge in [0.15, 0.2) is 10.1 Å². The van der Waals surface area contributed by atoms with E-state index >= 15 is 0 Å². The smallest absolute Gasteiger partial charge is 0.233 e. The van der Waals surface area contributed by atoms with E-state index in [1.54, 1.807) is 23.3 Å². The molecule has 168 valence electrons. The number of ketones is 1. The molecule has 32 heavy (non-hydrogen) atoms. The van der Waals surface area contributed by atoms with Crippen LogP contribution >= 0.6 is 23.1 Å². The molecule has 1 saturated heterocycles. The van der Waals surface area contributed by atoms with Crippen LogP contribution in [-0.2, 0) is 11.3 Å². The molecule has 0 radical (unpaired) electrons. The lowest BCUT2D eigenvalue weighted by molar-refractivity contribution is -0.128. The van der Waals surface area contributed by atoms with Crippen LogP contribution in [0, 0.1) is 5.82 Å². The zero-order valence-corrected chi connectivity index (χ0v) is 19.0. The highest BCUT2D eigenvalue weighted by molar-refractivity contribution is 8.01. The lowest BCUT2D eigenvalue weighted by atomic mass is 10.1. The summed E-state index contributed by atoms with van der Waals surface area (Å²) < 4.78 is 20.4. The molecule has 1 amide bonds. The van der Waals surface area contributed by atoms with Crippen molar-refractivity contribution in [1.29, 1.82) is 0 Å². The quantitative estimate of drug-likeness (QED) is 0.391. The van der Waals surface area contributed by atoms with Crippen molar-refractivity contribution in [2.75, 3.05) is 42.1 Å². The van der Waals surface area contributed by atoms with Gasteiger partial charge in [-0.15, -0.1) is 10.2 Å². The van der Waals surface area contributed by atoms with Crippen LogP contribution in [0.4, 0.5) is 15.2 Å². The molecule has 11 heteroatoms. The number of benzene rings is 1. The van der Waals surface area contributed by atoms with Crippen LogP contribution in [0.1, 0.15) is 23.0 Å². The number of carbonyl (C=O) groups excluding carboxylic acids is 2. The summed E-state index contributed by atoms with van der Waals surface area (Å²) in [5, 5.41) is 12.0. The number of hydrogen-bond donors (Lipinski definition) is 1. The van der Waals surface area contributed by atoms with Crippen LogP contribution in [0.3, 0.4) is 0 Å². The number of halogens is 1. The van der Waals surface area contributed by atoms with Gasteiger partial charge in [-0.1, -0.05) is 23.1 Å². The Morgan fingerprint density at radius 2 is 2.03 bits per heavy atom. The number of carbonyl (C=O) groups is 2. The third kappa shape index (κ3) is 5.46. The first-order valence-electron chi connectivity index (χ1n) is 10.1. The van der Waals surface area contributed by atoms with Crippen molar-refractivity contribution in [3.05, 3.63) is 53.7 Å². The number of piperazine rings is 1. The van der Waals surface area contributed by atoms with E-state index in [1.807, 2.05) is 17.0 Å². The largest absolute Gasteiger partial charge is 0.467 e. The Morgan fingerprint density at radius 1 is 1.22 bits per heavy atom. The Labute approximate surface area is 192 Å². The highest BCUT2D eigenvalue weighted by Crippen LogP contribution is 2.27. The van der Waals surface area contributed by atoms with Gasteiger partial charge in [0.2, 0.25) is 11.0 Å². The third-order valence-electron chi connectivity index (χ3n) is 5.05. The molecule has 1 aromatic carbocycles. The van der Waals surface area contributed by atoms with Gasteiger partial charge in [-0.05, 0) is 37.3 Å². The van der Waals surface area contributed by atoms with E-state index in [4.69, 9.17) is 4.42 Å². The molecule has 0 bridgehead atoms. The summed E-state index contributed by atoms with van der Waals surface area (Å²) in [7, 11) is 0. The molecule has 0 saturated carbocycles. The number of rotatable bonds is 8. The van der Waals surface area contributed by atoms with Crippen molar-refractivity contribution in [2.45, 2.75) is 17.8 Å². The Balaban J connectivity index is 1.23. The third-order valence-corrected chi connectivity index (χ3v) is 7.05. The second-order valence-electron chi connectivity index (χ2n) is 7.18. The van der Waals surface area contributed by atoms with Crippen molar-refractivity contribution in [3.63, 3.8) is 0 Å². The molecule has 0 atom stereocenters. The fourth-order valence-corrected chi connectivity index (χ4v) is 4.96. The molecule has 4 rings (SSSR count). The predicted molar refractivity (Wildman–Crippen MR) is 122 cm³/mol. The normalized spacial score (nSPS) is 13.9. The van der Waals surface area contributed by atoms with E-state index in [0.717, 1.165) is 5.76 Å². The molecule has 1 N–H and O–H groups in total. The lowest BCUT2D eigenvalue weighted by Gasteiger charge is -2.36. The summed E-state index contributed by atoms with van der Waals surface area (Å²) in [6.07, 6.45) is 1.62. The highest BCUT2D eigenvalue weighted by Gasteiger charge is 2.23. The topological polar surface area (TPSA) is 91.6 Å². The van der Waals surface area contributed by atoms with Crippen molar-refractivity contribution in [1.82, 2.24) is 15.1 Å². The Morgan fingerprint density at radius 3 is 2.72 bits per heavy atom. The van der Waals surface area contributed by atoms with Gasteiger partial charge in [-0.3, -0.25) is 9.59 Å². The maximum absolute atomic E-state index is 14.4. The van der Waals surface area contributed by atoms with Crippen molar-refractivity contribution in [2.24, 2.45) is 0 Å². The number of nitrogens with zero attached hydrogens (tertiary/aromatic N) is 4. The van der Waals surface area contributed by atoms with Crippen LogP contribution in [0.5, 0.6) is 0 Å². The highest BCUT2D eigenvalue weighted by atomic mass is 32.2. The Kier molecular flexibility index (Phi) is 7.05. The molecule has 3 heterocycles. The number of amides is 1. The first-order valence-corrected chi connectivity index (χ1v) is 11.9. The average Bonchev–Trinajstić information content (AvgIpc) is 3.48. The second-order valence-corrected chi connectivity index (χ2v) is 9.38. The van der Waals surface area contributed by atoms with Crippen LogP contribution in [0.15, 0.2) is 45.4 Å². The van der Waals surface area contributed by atoms with E-state index < -0.39 is 5.82 Å². The first-order chi connectivity index (χ1) is 15.5. The van der Waals surface area contributed by atoms with E-state index in [1.165, 1.54) is 36.1 Å². The summed E-state index contributed by atoms with van der Waals surface area (Å²) in [5.41, 5.74) is 0.813. The standard InChI is InChI=1S/C21H22FN5O3S2/c1-14(28)15-4-5-18(17(22)11-15)26-6-8-27(9-7-26)19(29)13-31-21-25-24-20(32-21)23-12-16-3-2-10-30-16/h2-5,10-11H,6-9,12-13H2,1H3,(H,23,24). The molecule has 2 aromatic heterocycles. The van der Waals surface area contributed by atoms with Gasteiger partial charge in [0.25, 0.3) is 0 Å². The average molecular weight is 476 g/mol. The number of Topliss-reactive ketones (excluding diaryl/α,β-unsaturated/α-hetero) is 1. The van der Waals surface area contributed by atoms with Crippen LogP contribution in [-0.4, -0.2) is 58.7 Å². The fourth-order valence-electron chi connectivity index (χ4n) is 3.31. The molecular formula is C21H22FN5O3S2. The van der Waals surface area contributed by atoms with E-state index in [9.17, 15) is 14.0 Å². The van der Waals surface area contributed by atoms with E-state index in [2.05, 4.69) is 15.5 Å². The number of anilines is 2. The predicted octanol–water partition coefficient (Wildman–Crippen LogP) is 3.53. The maximum atomic E-state index is 14.4. The monoisotopic (exact) mass is 475 g/mol. The number of thioether (sulfide) groups is 1. The van der Waals surface area contributed by atoms with E-state index in [0.29, 0.717) is 53.4 Å². The zero-order chi connectivity index (χ0) is 22.5. The molecule has 8 nitrogen and oxygen atoms in total. The molecule has 0 aliphatic carbocycles. The fraction of sp³-hybridized carbons (Fsp3) is 0.333. The number of hydrogen-bond acceptors (Lipinski definition) is 9. The molecule has 1 fully saturated rings. The molecule has 3 aromatic rings. The minimum Gasteiger partial charge on any atom is -0.467 e. The molecule has 1 aliphatic heterocycles. The summed E-state index contributed by atoms with van der Waals surface area (Å²) in [6.45, 7) is 4.03.